The number of imidazole rings is 1. The molecule has 4 rings (SSSR count). The number of hydrogen-bond acceptors (Lipinski definition) is 3. The van der Waals surface area contributed by atoms with E-state index in [1.807, 2.05) is 36.8 Å². The van der Waals surface area contributed by atoms with Crippen LogP contribution in [0.4, 0.5) is 0 Å². The first kappa shape index (κ1) is 17.3. The highest BCUT2D eigenvalue weighted by molar-refractivity contribution is 6.01. The SMILES string of the molecule is Cc1ccc(C#CCOCCn2cnc3cnc4ccccc4c32)cc1C. The molecule has 4 nitrogen and oxygen atoms in total. The van der Waals surface area contributed by atoms with Crippen molar-refractivity contribution in [3.8, 4) is 11.8 Å². The van der Waals surface area contributed by atoms with Crippen LogP contribution in [0, 0.1) is 25.7 Å². The van der Waals surface area contributed by atoms with Gasteiger partial charge in [0.05, 0.1) is 30.2 Å². The van der Waals surface area contributed by atoms with Gasteiger partial charge < -0.3 is 9.30 Å². The molecule has 0 aliphatic carbocycles. The van der Waals surface area contributed by atoms with Gasteiger partial charge in [0.2, 0.25) is 0 Å². The Balaban J connectivity index is 1.39. The van der Waals surface area contributed by atoms with Crippen LogP contribution in [0.25, 0.3) is 21.9 Å². The molecule has 27 heavy (non-hydrogen) atoms. The number of benzene rings is 2. The summed E-state index contributed by atoms with van der Waals surface area (Å²) in [7, 11) is 0. The summed E-state index contributed by atoms with van der Waals surface area (Å²) in [5, 5.41) is 1.11. The summed E-state index contributed by atoms with van der Waals surface area (Å²) in [4.78, 5) is 8.91. The van der Waals surface area contributed by atoms with Gasteiger partial charge in [0.15, 0.2) is 0 Å². The lowest BCUT2D eigenvalue weighted by atomic mass is 10.1. The van der Waals surface area contributed by atoms with Crippen LogP contribution in [0.3, 0.4) is 0 Å². The summed E-state index contributed by atoms with van der Waals surface area (Å²) in [6.45, 7) is 5.95. The molecule has 0 unspecified atom stereocenters. The van der Waals surface area contributed by atoms with Crippen molar-refractivity contribution >= 4 is 21.9 Å². The first-order valence-electron chi connectivity index (χ1n) is 9.05. The van der Waals surface area contributed by atoms with Gasteiger partial charge in [-0.15, -0.1) is 0 Å². The van der Waals surface area contributed by atoms with Gasteiger partial charge in [-0.3, -0.25) is 4.98 Å². The van der Waals surface area contributed by atoms with Gasteiger partial charge in [0, 0.05) is 17.5 Å². The van der Waals surface area contributed by atoms with E-state index in [9.17, 15) is 0 Å². The number of aryl methyl sites for hydroxylation is 2. The van der Waals surface area contributed by atoms with Crippen molar-refractivity contribution in [2.45, 2.75) is 20.4 Å². The zero-order valence-corrected chi connectivity index (χ0v) is 15.6. The van der Waals surface area contributed by atoms with Crippen LogP contribution in [0.1, 0.15) is 16.7 Å². The molecule has 2 aromatic carbocycles. The lowest BCUT2D eigenvalue weighted by Gasteiger charge is -2.06. The van der Waals surface area contributed by atoms with Crippen LogP contribution in [-0.4, -0.2) is 27.7 Å². The normalized spacial score (nSPS) is 10.9. The minimum absolute atomic E-state index is 0.419. The molecule has 0 bridgehead atoms. The summed E-state index contributed by atoms with van der Waals surface area (Å²) in [6, 6.07) is 14.4. The predicted octanol–water partition coefficient (Wildman–Crippen LogP) is 4.27. The lowest BCUT2D eigenvalue weighted by Crippen LogP contribution is -2.05. The van der Waals surface area contributed by atoms with E-state index in [2.05, 4.69) is 58.4 Å². The number of rotatable bonds is 4. The third kappa shape index (κ3) is 3.69. The molecule has 2 heterocycles. The Morgan fingerprint density at radius 3 is 2.78 bits per heavy atom. The van der Waals surface area contributed by atoms with Crippen molar-refractivity contribution in [1.29, 1.82) is 0 Å². The van der Waals surface area contributed by atoms with Gasteiger partial charge in [0.1, 0.15) is 12.1 Å². The maximum atomic E-state index is 5.71. The van der Waals surface area contributed by atoms with Crippen molar-refractivity contribution in [1.82, 2.24) is 14.5 Å². The minimum Gasteiger partial charge on any atom is -0.367 e. The standard InChI is InChI=1S/C23H21N3O/c1-17-9-10-19(14-18(17)2)6-5-12-27-13-11-26-16-25-22-15-24-21-8-4-3-7-20(21)23(22)26/h3-4,7-10,14-16H,11-13H2,1-2H3. The molecule has 4 heteroatoms. The monoisotopic (exact) mass is 355 g/mol. The Kier molecular flexibility index (Phi) is 4.86. The third-order valence-electron chi connectivity index (χ3n) is 4.74. The zero-order valence-electron chi connectivity index (χ0n) is 15.6. The summed E-state index contributed by atoms with van der Waals surface area (Å²) in [6.07, 6.45) is 3.67. The minimum atomic E-state index is 0.419. The number of aromatic nitrogens is 3. The largest absolute Gasteiger partial charge is 0.367 e. The van der Waals surface area contributed by atoms with E-state index >= 15 is 0 Å². The second kappa shape index (κ2) is 7.61. The fraction of sp³-hybridized carbons (Fsp3) is 0.217. The number of para-hydroxylation sites is 1. The lowest BCUT2D eigenvalue weighted by molar-refractivity contribution is 0.158. The molecular formula is C23H21N3O. The number of fused-ring (bicyclic) bond motifs is 3. The van der Waals surface area contributed by atoms with E-state index < -0.39 is 0 Å². The van der Waals surface area contributed by atoms with E-state index in [-0.39, 0.29) is 0 Å². The fourth-order valence-electron chi connectivity index (χ4n) is 3.12. The number of ether oxygens (including phenoxy) is 1. The van der Waals surface area contributed by atoms with Crippen LogP contribution in [0.5, 0.6) is 0 Å². The van der Waals surface area contributed by atoms with Gasteiger partial charge in [-0.1, -0.05) is 36.1 Å². The molecule has 0 amide bonds. The van der Waals surface area contributed by atoms with Crippen molar-refractivity contribution in [3.05, 3.63) is 71.7 Å². The topological polar surface area (TPSA) is 39.9 Å². The molecule has 0 aliphatic rings. The Labute approximate surface area is 158 Å². The Morgan fingerprint density at radius 1 is 1.00 bits per heavy atom. The quantitative estimate of drug-likeness (QED) is 0.405. The first-order valence-corrected chi connectivity index (χ1v) is 9.05. The van der Waals surface area contributed by atoms with Crippen LogP contribution >= 0.6 is 0 Å². The van der Waals surface area contributed by atoms with E-state index in [0.717, 1.165) is 34.0 Å². The zero-order chi connectivity index (χ0) is 18.6. The van der Waals surface area contributed by atoms with Gasteiger partial charge in [-0.2, -0.15) is 0 Å². The molecule has 0 atom stereocenters. The molecule has 0 spiro atoms. The number of hydrogen-bond donors (Lipinski definition) is 0. The van der Waals surface area contributed by atoms with Crippen molar-refractivity contribution in [2.24, 2.45) is 0 Å². The number of pyridine rings is 1. The van der Waals surface area contributed by atoms with E-state index in [4.69, 9.17) is 4.74 Å². The second-order valence-corrected chi connectivity index (χ2v) is 6.60. The molecule has 0 radical (unpaired) electrons. The number of nitrogens with zero attached hydrogens (tertiary/aromatic N) is 3. The van der Waals surface area contributed by atoms with E-state index in [1.54, 1.807) is 0 Å². The molecule has 0 N–H and O–H groups in total. The predicted molar refractivity (Wildman–Crippen MR) is 109 cm³/mol. The molecule has 0 aliphatic heterocycles. The molecule has 2 aromatic heterocycles. The smallest absolute Gasteiger partial charge is 0.108 e. The molecular weight excluding hydrogens is 334 g/mol. The Hall–Kier alpha value is -3.16. The van der Waals surface area contributed by atoms with Gasteiger partial charge in [0.25, 0.3) is 0 Å². The highest BCUT2D eigenvalue weighted by atomic mass is 16.5. The van der Waals surface area contributed by atoms with E-state index in [0.29, 0.717) is 13.2 Å². The fourth-order valence-corrected chi connectivity index (χ4v) is 3.12. The molecule has 134 valence electrons. The summed E-state index contributed by atoms with van der Waals surface area (Å²) in [5.41, 5.74) is 6.56. The van der Waals surface area contributed by atoms with Crippen LogP contribution in [0.2, 0.25) is 0 Å². The summed E-state index contributed by atoms with van der Waals surface area (Å²) < 4.78 is 7.83. The van der Waals surface area contributed by atoms with Gasteiger partial charge >= 0.3 is 0 Å². The third-order valence-corrected chi connectivity index (χ3v) is 4.74. The highest BCUT2D eigenvalue weighted by Gasteiger charge is 2.07. The second-order valence-electron chi connectivity index (χ2n) is 6.60. The van der Waals surface area contributed by atoms with Gasteiger partial charge in [-0.05, 0) is 43.2 Å². The van der Waals surface area contributed by atoms with Crippen LogP contribution in [-0.2, 0) is 11.3 Å². The van der Waals surface area contributed by atoms with Crippen molar-refractivity contribution in [3.63, 3.8) is 0 Å². The molecule has 0 saturated heterocycles. The average Bonchev–Trinajstić information content (AvgIpc) is 3.11. The summed E-state index contributed by atoms with van der Waals surface area (Å²) >= 11 is 0. The molecule has 0 fully saturated rings. The van der Waals surface area contributed by atoms with E-state index in [1.165, 1.54) is 11.1 Å². The van der Waals surface area contributed by atoms with Crippen molar-refractivity contribution < 1.29 is 4.74 Å². The van der Waals surface area contributed by atoms with Crippen molar-refractivity contribution in [2.75, 3.05) is 13.2 Å². The summed E-state index contributed by atoms with van der Waals surface area (Å²) in [5.74, 6) is 6.25. The Morgan fingerprint density at radius 2 is 1.89 bits per heavy atom. The maximum Gasteiger partial charge on any atom is 0.108 e. The maximum absolute atomic E-state index is 5.71. The molecule has 0 saturated carbocycles. The molecule has 4 aromatic rings. The van der Waals surface area contributed by atoms with Crippen LogP contribution in [0.15, 0.2) is 55.0 Å². The average molecular weight is 355 g/mol. The highest BCUT2D eigenvalue weighted by Crippen LogP contribution is 2.22. The first-order chi connectivity index (χ1) is 13.2. The van der Waals surface area contributed by atoms with Gasteiger partial charge in [-0.25, -0.2) is 4.98 Å². The van der Waals surface area contributed by atoms with Crippen LogP contribution < -0.4 is 0 Å². The Bertz CT molecular complexity index is 1160.